The van der Waals surface area contributed by atoms with Crippen molar-refractivity contribution in [3.05, 3.63) is 23.8 Å². The van der Waals surface area contributed by atoms with Crippen LogP contribution in [0.25, 0.3) is 0 Å². The van der Waals surface area contributed by atoms with Crippen LogP contribution in [0, 0.1) is 5.92 Å². The van der Waals surface area contributed by atoms with Gasteiger partial charge < -0.3 is 9.47 Å². The molecular weight excluding hydrogens is 312 g/mol. The van der Waals surface area contributed by atoms with Crippen LogP contribution in [0.2, 0.25) is 0 Å². The van der Waals surface area contributed by atoms with Crippen molar-refractivity contribution in [2.75, 3.05) is 7.11 Å². The first-order chi connectivity index (χ1) is 12.1. The first-order valence-corrected chi connectivity index (χ1v) is 10.1. The molecule has 0 aromatic heterocycles. The SMILES string of the molecule is CCCCCCCC/C=C\C=C(/C)[C@H]1O[C@@H](CC(=O)OC)CC[C@@H]1C. The molecule has 0 saturated carbocycles. The molecule has 0 aromatic carbocycles. The predicted molar refractivity (Wildman–Crippen MR) is 105 cm³/mol. The molecule has 0 aliphatic carbocycles. The van der Waals surface area contributed by atoms with Gasteiger partial charge in [-0.2, -0.15) is 0 Å². The lowest BCUT2D eigenvalue weighted by molar-refractivity contribution is -0.147. The van der Waals surface area contributed by atoms with E-state index in [-0.39, 0.29) is 18.2 Å². The van der Waals surface area contributed by atoms with E-state index in [1.54, 1.807) is 0 Å². The van der Waals surface area contributed by atoms with E-state index in [2.05, 4.69) is 39.0 Å². The van der Waals surface area contributed by atoms with E-state index in [1.807, 2.05) is 0 Å². The molecule has 1 saturated heterocycles. The largest absolute Gasteiger partial charge is 0.469 e. The van der Waals surface area contributed by atoms with Crippen molar-refractivity contribution in [3.63, 3.8) is 0 Å². The van der Waals surface area contributed by atoms with Crippen LogP contribution in [-0.4, -0.2) is 25.3 Å². The van der Waals surface area contributed by atoms with Gasteiger partial charge in [0.25, 0.3) is 0 Å². The molecule has 3 heteroatoms. The maximum absolute atomic E-state index is 11.5. The fourth-order valence-electron chi connectivity index (χ4n) is 3.44. The van der Waals surface area contributed by atoms with Crippen LogP contribution in [0.15, 0.2) is 23.8 Å². The van der Waals surface area contributed by atoms with E-state index in [9.17, 15) is 4.79 Å². The quantitative estimate of drug-likeness (QED) is 0.261. The molecule has 3 nitrogen and oxygen atoms in total. The van der Waals surface area contributed by atoms with Gasteiger partial charge in [-0.3, -0.25) is 4.79 Å². The third kappa shape index (κ3) is 9.25. The molecule has 144 valence electrons. The van der Waals surface area contributed by atoms with Crippen LogP contribution in [0.4, 0.5) is 0 Å². The van der Waals surface area contributed by atoms with Gasteiger partial charge in [0.15, 0.2) is 0 Å². The van der Waals surface area contributed by atoms with Crippen molar-refractivity contribution >= 4 is 5.97 Å². The third-order valence-corrected chi connectivity index (χ3v) is 5.09. The fraction of sp³-hybridized carbons (Fsp3) is 0.773. The summed E-state index contributed by atoms with van der Waals surface area (Å²) in [4.78, 5) is 11.5. The molecular formula is C22H38O3. The predicted octanol–water partition coefficient (Wildman–Crippen LogP) is 5.99. The lowest BCUT2D eigenvalue weighted by atomic mass is 9.88. The first-order valence-electron chi connectivity index (χ1n) is 10.1. The highest BCUT2D eigenvalue weighted by Crippen LogP contribution is 2.30. The van der Waals surface area contributed by atoms with Crippen molar-refractivity contribution in [1.82, 2.24) is 0 Å². The van der Waals surface area contributed by atoms with Gasteiger partial charge in [-0.15, -0.1) is 0 Å². The minimum Gasteiger partial charge on any atom is -0.469 e. The highest BCUT2D eigenvalue weighted by Gasteiger charge is 2.30. The summed E-state index contributed by atoms with van der Waals surface area (Å²) in [6.07, 6.45) is 18.3. The number of allylic oxidation sites excluding steroid dienone is 3. The van der Waals surface area contributed by atoms with Crippen molar-refractivity contribution in [3.8, 4) is 0 Å². The molecule has 0 aromatic rings. The monoisotopic (exact) mass is 350 g/mol. The second kappa shape index (κ2) is 13.2. The van der Waals surface area contributed by atoms with Crippen LogP contribution < -0.4 is 0 Å². The Morgan fingerprint density at radius 3 is 2.60 bits per heavy atom. The number of carbonyl (C=O) groups excluding carboxylic acids is 1. The minimum atomic E-state index is -0.182. The zero-order valence-corrected chi connectivity index (χ0v) is 16.8. The molecule has 1 heterocycles. The molecule has 0 bridgehead atoms. The molecule has 0 spiro atoms. The lowest BCUT2D eigenvalue weighted by Crippen LogP contribution is -2.35. The average molecular weight is 351 g/mol. The molecule has 0 unspecified atom stereocenters. The number of ether oxygens (including phenoxy) is 2. The Balaban J connectivity index is 2.34. The minimum absolute atomic E-state index is 0.0101. The van der Waals surface area contributed by atoms with Gasteiger partial charge in [0, 0.05) is 0 Å². The van der Waals surface area contributed by atoms with Crippen LogP contribution in [0.3, 0.4) is 0 Å². The smallest absolute Gasteiger partial charge is 0.308 e. The molecule has 1 aliphatic heterocycles. The zero-order valence-electron chi connectivity index (χ0n) is 16.8. The summed E-state index contributed by atoms with van der Waals surface area (Å²) >= 11 is 0. The number of unbranched alkanes of at least 4 members (excludes halogenated alkanes) is 6. The van der Waals surface area contributed by atoms with E-state index in [1.165, 1.54) is 51.2 Å². The van der Waals surface area contributed by atoms with Crippen LogP contribution in [0.1, 0.15) is 85.0 Å². The topological polar surface area (TPSA) is 35.5 Å². The number of hydrogen-bond donors (Lipinski definition) is 0. The summed E-state index contributed by atoms with van der Waals surface area (Å²) in [5.41, 5.74) is 1.25. The average Bonchev–Trinajstić information content (AvgIpc) is 2.61. The lowest BCUT2D eigenvalue weighted by Gasteiger charge is -2.35. The summed E-state index contributed by atoms with van der Waals surface area (Å²) in [5.74, 6) is 0.316. The van der Waals surface area contributed by atoms with E-state index in [4.69, 9.17) is 9.47 Å². The Morgan fingerprint density at radius 2 is 1.88 bits per heavy atom. The second-order valence-corrected chi connectivity index (χ2v) is 7.41. The van der Waals surface area contributed by atoms with E-state index < -0.39 is 0 Å². The standard InChI is InChI=1S/C22H38O3/c1-5-6-7-8-9-10-11-12-13-14-18(2)22-19(3)15-16-20(25-22)17-21(23)24-4/h12-14,19-20,22H,5-11,15-17H2,1-4H3/b13-12-,18-14+/t19-,20+,22+/m0/s1. The summed E-state index contributed by atoms with van der Waals surface area (Å²) in [6.45, 7) is 6.62. The molecule has 0 amide bonds. The number of hydrogen-bond acceptors (Lipinski definition) is 3. The molecule has 0 N–H and O–H groups in total. The van der Waals surface area contributed by atoms with Crippen LogP contribution >= 0.6 is 0 Å². The Hall–Kier alpha value is -1.09. The molecule has 1 aliphatic rings. The van der Waals surface area contributed by atoms with Crippen molar-refractivity contribution in [2.24, 2.45) is 5.92 Å². The number of methoxy groups -OCH3 is 1. The normalized spacial score (nSPS) is 24.6. The molecule has 1 rings (SSSR count). The van der Waals surface area contributed by atoms with Gasteiger partial charge >= 0.3 is 5.97 Å². The van der Waals surface area contributed by atoms with Gasteiger partial charge in [-0.25, -0.2) is 0 Å². The summed E-state index contributed by atoms with van der Waals surface area (Å²) in [5, 5.41) is 0. The number of carbonyl (C=O) groups is 1. The van der Waals surface area contributed by atoms with Gasteiger partial charge in [0.2, 0.25) is 0 Å². The first kappa shape index (κ1) is 22.0. The Morgan fingerprint density at radius 1 is 1.16 bits per heavy atom. The summed E-state index contributed by atoms with van der Waals surface area (Å²) in [7, 11) is 1.44. The zero-order chi connectivity index (χ0) is 18.5. The van der Waals surface area contributed by atoms with Crippen LogP contribution in [-0.2, 0) is 14.3 Å². The van der Waals surface area contributed by atoms with E-state index in [0.29, 0.717) is 12.3 Å². The number of esters is 1. The van der Waals surface area contributed by atoms with Gasteiger partial charge in [0.05, 0.1) is 25.7 Å². The third-order valence-electron chi connectivity index (χ3n) is 5.09. The second-order valence-electron chi connectivity index (χ2n) is 7.41. The molecule has 1 fully saturated rings. The highest BCUT2D eigenvalue weighted by atomic mass is 16.5. The molecule has 0 radical (unpaired) electrons. The van der Waals surface area contributed by atoms with E-state index >= 15 is 0 Å². The highest BCUT2D eigenvalue weighted by molar-refractivity contribution is 5.69. The summed E-state index contributed by atoms with van der Waals surface area (Å²) in [6, 6.07) is 0. The van der Waals surface area contributed by atoms with Crippen LogP contribution in [0.5, 0.6) is 0 Å². The Bertz CT molecular complexity index is 425. The van der Waals surface area contributed by atoms with Gasteiger partial charge in [-0.05, 0) is 44.1 Å². The fourth-order valence-corrected chi connectivity index (χ4v) is 3.44. The maximum atomic E-state index is 11.5. The summed E-state index contributed by atoms with van der Waals surface area (Å²) < 4.78 is 10.9. The van der Waals surface area contributed by atoms with Gasteiger partial charge in [0.1, 0.15) is 0 Å². The number of rotatable bonds is 11. The Kier molecular flexibility index (Phi) is 11.6. The molecule has 3 atom stereocenters. The van der Waals surface area contributed by atoms with Crippen molar-refractivity contribution in [1.29, 1.82) is 0 Å². The van der Waals surface area contributed by atoms with Crippen molar-refractivity contribution < 1.29 is 14.3 Å². The maximum Gasteiger partial charge on any atom is 0.308 e. The van der Waals surface area contributed by atoms with Gasteiger partial charge in [-0.1, -0.05) is 64.2 Å². The van der Waals surface area contributed by atoms with E-state index in [0.717, 1.165) is 19.3 Å². The molecule has 25 heavy (non-hydrogen) atoms. The Labute approximate surface area is 154 Å². The van der Waals surface area contributed by atoms with Crippen molar-refractivity contribution in [2.45, 2.75) is 97.2 Å².